The molecule has 1 aromatic rings. The van der Waals surface area contributed by atoms with Crippen LogP contribution in [0, 0.1) is 68.3 Å². The standard InChI is InChI=1S/C20H15F2N5O/c1-11(28)27-5-4-13-15(7-23)19(26)20(9-24,10-25)18(16(13)8-27)14-3-2-12(21)6-17(14)22/h2-4,6,15-16,18,26H,5,8H2,1H3/t15?,16-,18-/m1/s1. The molecule has 1 fully saturated rings. The first-order valence-electron chi connectivity index (χ1n) is 8.52. The zero-order valence-electron chi connectivity index (χ0n) is 14.9. The highest BCUT2D eigenvalue weighted by molar-refractivity contribution is 6.01. The third-order valence-electron chi connectivity index (χ3n) is 5.53. The molecule has 0 saturated heterocycles. The van der Waals surface area contributed by atoms with E-state index in [-0.39, 0.29) is 24.6 Å². The minimum atomic E-state index is -2.11. The van der Waals surface area contributed by atoms with E-state index in [0.717, 1.165) is 12.1 Å². The molecule has 3 rings (SSSR count). The van der Waals surface area contributed by atoms with Gasteiger partial charge in [-0.05, 0) is 17.2 Å². The molecule has 1 aliphatic carbocycles. The molecule has 0 aromatic heterocycles. The Kier molecular flexibility index (Phi) is 4.71. The van der Waals surface area contributed by atoms with Crippen LogP contribution in [0.15, 0.2) is 29.8 Å². The van der Waals surface area contributed by atoms with Gasteiger partial charge in [-0.1, -0.05) is 12.1 Å². The highest BCUT2D eigenvalue weighted by Crippen LogP contribution is 2.53. The van der Waals surface area contributed by atoms with Gasteiger partial charge in [0.05, 0.1) is 23.9 Å². The van der Waals surface area contributed by atoms with Crippen molar-refractivity contribution in [3.63, 3.8) is 0 Å². The molecular weight excluding hydrogens is 364 g/mol. The van der Waals surface area contributed by atoms with E-state index in [1.807, 2.05) is 18.2 Å². The fourth-order valence-corrected chi connectivity index (χ4v) is 4.16. The smallest absolute Gasteiger partial charge is 0.219 e. The van der Waals surface area contributed by atoms with Gasteiger partial charge in [-0.3, -0.25) is 4.79 Å². The monoisotopic (exact) mass is 379 g/mol. The molecular formula is C20H15F2N5O. The number of nitrogens with one attached hydrogen (secondary N) is 1. The van der Waals surface area contributed by atoms with E-state index in [0.29, 0.717) is 11.6 Å². The summed E-state index contributed by atoms with van der Waals surface area (Å²) in [4.78, 5) is 13.3. The number of hydrogen-bond acceptors (Lipinski definition) is 5. The zero-order chi connectivity index (χ0) is 20.6. The Bertz CT molecular complexity index is 1010. The van der Waals surface area contributed by atoms with Gasteiger partial charge in [0, 0.05) is 37.9 Å². The summed E-state index contributed by atoms with van der Waals surface area (Å²) in [7, 11) is 0. The van der Waals surface area contributed by atoms with E-state index < -0.39 is 40.5 Å². The Balaban J connectivity index is 2.30. The summed E-state index contributed by atoms with van der Waals surface area (Å²) >= 11 is 0. The van der Waals surface area contributed by atoms with Gasteiger partial charge in [0.25, 0.3) is 0 Å². The minimum Gasteiger partial charge on any atom is -0.339 e. The Morgan fingerprint density at radius 3 is 2.50 bits per heavy atom. The number of amides is 1. The van der Waals surface area contributed by atoms with Gasteiger partial charge in [0.2, 0.25) is 5.91 Å². The lowest BCUT2D eigenvalue weighted by Gasteiger charge is -2.47. The molecule has 6 nitrogen and oxygen atoms in total. The normalized spacial score (nSPS) is 25.6. The molecule has 1 N–H and O–H groups in total. The number of fused-ring (bicyclic) bond motifs is 1. The van der Waals surface area contributed by atoms with Crippen LogP contribution in [0.2, 0.25) is 0 Å². The maximum absolute atomic E-state index is 14.7. The fraction of sp³-hybridized carbons (Fsp3) is 0.350. The fourth-order valence-electron chi connectivity index (χ4n) is 4.16. The van der Waals surface area contributed by atoms with Gasteiger partial charge in [0.1, 0.15) is 17.6 Å². The molecule has 1 amide bonds. The van der Waals surface area contributed by atoms with Crippen molar-refractivity contribution in [1.29, 1.82) is 21.2 Å². The van der Waals surface area contributed by atoms with Crippen LogP contribution in [-0.4, -0.2) is 29.6 Å². The van der Waals surface area contributed by atoms with E-state index in [1.165, 1.54) is 11.8 Å². The van der Waals surface area contributed by atoms with E-state index in [1.54, 1.807) is 6.08 Å². The molecule has 140 valence electrons. The first-order valence-corrected chi connectivity index (χ1v) is 8.52. The Labute approximate surface area is 160 Å². The minimum absolute atomic E-state index is 0.0687. The average Bonchev–Trinajstić information content (AvgIpc) is 2.67. The predicted molar refractivity (Wildman–Crippen MR) is 93.4 cm³/mol. The summed E-state index contributed by atoms with van der Waals surface area (Å²) in [6.45, 7) is 1.65. The Morgan fingerprint density at radius 2 is 1.96 bits per heavy atom. The molecule has 28 heavy (non-hydrogen) atoms. The second-order valence-corrected chi connectivity index (χ2v) is 6.89. The van der Waals surface area contributed by atoms with Crippen LogP contribution in [0.4, 0.5) is 8.78 Å². The highest BCUT2D eigenvalue weighted by Gasteiger charge is 2.58. The lowest BCUT2D eigenvalue weighted by molar-refractivity contribution is -0.129. The largest absolute Gasteiger partial charge is 0.339 e. The van der Waals surface area contributed by atoms with Crippen molar-refractivity contribution in [1.82, 2.24) is 4.90 Å². The maximum atomic E-state index is 14.7. The highest BCUT2D eigenvalue weighted by atomic mass is 19.1. The number of benzene rings is 1. The number of halogens is 2. The van der Waals surface area contributed by atoms with Crippen LogP contribution in [0.5, 0.6) is 0 Å². The second-order valence-electron chi connectivity index (χ2n) is 6.89. The Morgan fingerprint density at radius 1 is 1.29 bits per heavy atom. The number of carbonyl (C=O) groups is 1. The predicted octanol–water partition coefficient (Wildman–Crippen LogP) is 2.66. The summed E-state index contributed by atoms with van der Waals surface area (Å²) in [5.74, 6) is -5.00. The van der Waals surface area contributed by atoms with Crippen molar-refractivity contribution in [2.45, 2.75) is 12.8 Å². The summed E-state index contributed by atoms with van der Waals surface area (Å²) in [5, 5.41) is 37.7. The molecule has 1 heterocycles. The molecule has 1 aromatic carbocycles. The SMILES string of the molecule is CC(=O)N1CC=C2C(C#N)C(=N)C(C#N)(C#N)[C@H](c3ccc(F)cc3F)[C@@H]2C1. The van der Waals surface area contributed by atoms with Gasteiger partial charge < -0.3 is 10.3 Å². The molecule has 0 radical (unpaired) electrons. The molecule has 1 aliphatic heterocycles. The summed E-state index contributed by atoms with van der Waals surface area (Å²) < 4.78 is 28.1. The van der Waals surface area contributed by atoms with Crippen molar-refractivity contribution in [2.75, 3.05) is 13.1 Å². The summed E-state index contributed by atoms with van der Waals surface area (Å²) in [6, 6.07) is 8.44. The van der Waals surface area contributed by atoms with Gasteiger partial charge in [0.15, 0.2) is 5.41 Å². The van der Waals surface area contributed by atoms with Gasteiger partial charge in [-0.15, -0.1) is 0 Å². The molecule has 1 unspecified atom stereocenters. The van der Waals surface area contributed by atoms with Crippen LogP contribution < -0.4 is 0 Å². The first-order chi connectivity index (χ1) is 13.3. The number of nitriles is 3. The van der Waals surface area contributed by atoms with Crippen LogP contribution in [0.3, 0.4) is 0 Å². The lowest BCUT2D eigenvalue weighted by atomic mass is 9.54. The molecule has 8 heteroatoms. The van der Waals surface area contributed by atoms with Crippen molar-refractivity contribution in [3.8, 4) is 18.2 Å². The lowest BCUT2D eigenvalue weighted by Crippen LogP contribution is -2.53. The first kappa shape index (κ1) is 19.2. The van der Waals surface area contributed by atoms with Gasteiger partial charge >= 0.3 is 0 Å². The number of rotatable bonds is 1. The van der Waals surface area contributed by atoms with Gasteiger partial charge in [-0.25, -0.2) is 8.78 Å². The van der Waals surface area contributed by atoms with Crippen molar-refractivity contribution in [3.05, 3.63) is 47.0 Å². The van der Waals surface area contributed by atoms with Gasteiger partial charge in [-0.2, -0.15) is 15.8 Å². The molecule has 3 atom stereocenters. The number of carbonyl (C=O) groups excluding carboxylic acids is 1. The Hall–Kier alpha value is -3.57. The van der Waals surface area contributed by atoms with Crippen LogP contribution in [0.1, 0.15) is 18.4 Å². The third kappa shape index (κ3) is 2.64. The van der Waals surface area contributed by atoms with E-state index in [4.69, 9.17) is 5.41 Å². The number of nitrogens with zero attached hydrogens (tertiary/aromatic N) is 4. The summed E-state index contributed by atoms with van der Waals surface area (Å²) in [5.41, 5.74) is -2.14. The van der Waals surface area contributed by atoms with E-state index >= 15 is 0 Å². The van der Waals surface area contributed by atoms with E-state index in [2.05, 4.69) is 0 Å². The third-order valence-corrected chi connectivity index (χ3v) is 5.53. The topological polar surface area (TPSA) is 116 Å². The van der Waals surface area contributed by atoms with Crippen molar-refractivity contribution < 1.29 is 13.6 Å². The quantitative estimate of drug-likeness (QED) is 0.755. The van der Waals surface area contributed by atoms with Crippen LogP contribution >= 0.6 is 0 Å². The van der Waals surface area contributed by atoms with E-state index in [9.17, 15) is 29.4 Å². The maximum Gasteiger partial charge on any atom is 0.219 e. The van der Waals surface area contributed by atoms with Crippen LogP contribution in [-0.2, 0) is 4.79 Å². The molecule has 2 aliphatic rings. The zero-order valence-corrected chi connectivity index (χ0v) is 14.9. The number of hydrogen-bond donors (Lipinski definition) is 1. The molecule has 0 bridgehead atoms. The summed E-state index contributed by atoms with van der Waals surface area (Å²) in [6.07, 6.45) is 1.63. The van der Waals surface area contributed by atoms with Crippen molar-refractivity contribution in [2.24, 2.45) is 17.3 Å². The second kappa shape index (κ2) is 6.87. The van der Waals surface area contributed by atoms with Crippen molar-refractivity contribution >= 4 is 11.6 Å². The molecule has 0 spiro atoms. The molecule has 1 saturated carbocycles. The average molecular weight is 379 g/mol. The van der Waals surface area contributed by atoms with Crippen LogP contribution in [0.25, 0.3) is 0 Å².